The van der Waals surface area contributed by atoms with Crippen LogP contribution in [0, 0.1) is 0 Å². The van der Waals surface area contributed by atoms with E-state index in [1.165, 1.54) is 17.3 Å². The van der Waals surface area contributed by atoms with Crippen molar-refractivity contribution >= 4 is 34.1 Å². The van der Waals surface area contributed by atoms with Crippen molar-refractivity contribution in [1.82, 2.24) is 14.9 Å². The van der Waals surface area contributed by atoms with E-state index in [9.17, 15) is 14.4 Å². The second-order valence-corrected chi connectivity index (χ2v) is 8.60. The number of anilines is 1. The predicted octanol–water partition coefficient (Wildman–Crippen LogP) is 4.15. The largest absolute Gasteiger partial charge is 0.383 e. The first-order chi connectivity index (χ1) is 18.0. The first kappa shape index (κ1) is 25.7. The lowest BCUT2D eigenvalue weighted by molar-refractivity contribution is -0.117. The highest BCUT2D eigenvalue weighted by Gasteiger charge is 2.23. The highest BCUT2D eigenvalue weighted by atomic mass is 16.5. The topological polar surface area (TPSA) is 92.7 Å². The highest BCUT2D eigenvalue weighted by Crippen LogP contribution is 2.23. The van der Waals surface area contributed by atoms with Crippen LogP contribution in [0.4, 0.5) is 5.69 Å². The summed E-state index contributed by atoms with van der Waals surface area (Å²) in [7, 11) is 3.28. The number of methoxy groups -OCH3 is 1. The van der Waals surface area contributed by atoms with Gasteiger partial charge in [-0.25, -0.2) is 9.97 Å². The molecule has 0 aliphatic rings. The SMILES string of the molecule is COCCN(C)C(=O)c1cccc(N(Cc2ccc3ccccc3c2)C(=O)CC(=O)c2ncccn2)c1. The van der Waals surface area contributed by atoms with Crippen molar-refractivity contribution < 1.29 is 19.1 Å². The average Bonchev–Trinajstić information content (AvgIpc) is 2.94. The van der Waals surface area contributed by atoms with E-state index in [1.54, 1.807) is 49.4 Å². The zero-order valence-corrected chi connectivity index (χ0v) is 20.8. The molecule has 1 aromatic heterocycles. The van der Waals surface area contributed by atoms with Gasteiger partial charge in [0.25, 0.3) is 5.91 Å². The van der Waals surface area contributed by atoms with E-state index in [0.29, 0.717) is 24.4 Å². The third kappa shape index (κ3) is 6.42. The number of Topliss-reactive ketones (excluding diaryl/α,β-unsaturated/α-hetero) is 1. The van der Waals surface area contributed by atoms with Crippen molar-refractivity contribution in [2.45, 2.75) is 13.0 Å². The zero-order valence-electron chi connectivity index (χ0n) is 20.8. The van der Waals surface area contributed by atoms with Gasteiger partial charge in [-0.05, 0) is 46.7 Å². The molecule has 0 fully saturated rings. The molecular formula is C29H28N4O4. The molecule has 0 spiro atoms. The maximum Gasteiger partial charge on any atom is 0.253 e. The molecule has 0 aliphatic carbocycles. The number of fused-ring (bicyclic) bond motifs is 1. The summed E-state index contributed by atoms with van der Waals surface area (Å²) in [4.78, 5) is 50.2. The van der Waals surface area contributed by atoms with Crippen LogP contribution in [0.2, 0.25) is 0 Å². The maximum absolute atomic E-state index is 13.5. The molecule has 188 valence electrons. The van der Waals surface area contributed by atoms with Crippen molar-refractivity contribution in [2.75, 3.05) is 32.2 Å². The third-order valence-electron chi connectivity index (χ3n) is 5.96. The number of aromatic nitrogens is 2. The van der Waals surface area contributed by atoms with Gasteiger partial charge in [0.2, 0.25) is 11.7 Å². The molecule has 0 N–H and O–H groups in total. The van der Waals surface area contributed by atoms with Gasteiger partial charge in [0.15, 0.2) is 5.82 Å². The number of hydrogen-bond acceptors (Lipinski definition) is 6. The molecule has 3 aromatic carbocycles. The molecule has 0 radical (unpaired) electrons. The van der Waals surface area contributed by atoms with Crippen molar-refractivity contribution in [3.05, 3.63) is 102 Å². The van der Waals surface area contributed by atoms with Crippen molar-refractivity contribution in [2.24, 2.45) is 0 Å². The molecule has 4 rings (SSSR count). The van der Waals surface area contributed by atoms with Gasteiger partial charge in [-0.2, -0.15) is 0 Å². The number of nitrogens with zero attached hydrogens (tertiary/aromatic N) is 4. The van der Waals surface area contributed by atoms with E-state index in [4.69, 9.17) is 4.74 Å². The Bertz CT molecular complexity index is 1410. The van der Waals surface area contributed by atoms with Gasteiger partial charge < -0.3 is 14.5 Å². The van der Waals surface area contributed by atoms with Gasteiger partial charge in [0.05, 0.1) is 19.6 Å². The number of rotatable bonds is 10. The van der Waals surface area contributed by atoms with Crippen LogP contribution < -0.4 is 4.90 Å². The van der Waals surface area contributed by atoms with Crippen LogP contribution in [0.5, 0.6) is 0 Å². The number of carbonyl (C=O) groups is 3. The number of ketones is 1. The monoisotopic (exact) mass is 496 g/mol. The number of carbonyl (C=O) groups excluding carboxylic acids is 3. The second-order valence-electron chi connectivity index (χ2n) is 8.60. The normalized spacial score (nSPS) is 10.8. The molecule has 8 nitrogen and oxygen atoms in total. The Hall–Kier alpha value is -4.43. The van der Waals surface area contributed by atoms with Gasteiger partial charge in [-0.1, -0.05) is 42.5 Å². The summed E-state index contributed by atoms with van der Waals surface area (Å²) in [5, 5.41) is 2.14. The Balaban J connectivity index is 1.65. The van der Waals surface area contributed by atoms with Crippen LogP contribution in [0.3, 0.4) is 0 Å². The summed E-state index contributed by atoms with van der Waals surface area (Å²) in [6.45, 7) is 1.08. The number of hydrogen-bond donors (Lipinski definition) is 0. The lowest BCUT2D eigenvalue weighted by Gasteiger charge is -2.24. The molecule has 8 heteroatoms. The number of likely N-dealkylation sites (N-methyl/N-ethyl adjacent to an activating group) is 1. The summed E-state index contributed by atoms with van der Waals surface area (Å²) in [6, 6.07) is 22.4. The first-order valence-electron chi connectivity index (χ1n) is 11.9. The molecule has 0 atom stereocenters. The fourth-order valence-corrected chi connectivity index (χ4v) is 3.96. The molecular weight excluding hydrogens is 468 g/mol. The Labute approximate surface area is 215 Å². The second kappa shape index (κ2) is 12.0. The summed E-state index contributed by atoms with van der Waals surface area (Å²) in [5.74, 6) is -1.08. The average molecular weight is 497 g/mol. The third-order valence-corrected chi connectivity index (χ3v) is 5.96. The summed E-state index contributed by atoms with van der Waals surface area (Å²) < 4.78 is 5.07. The lowest BCUT2D eigenvalue weighted by atomic mass is 10.1. The van der Waals surface area contributed by atoms with Crippen LogP contribution >= 0.6 is 0 Å². The Morgan fingerprint density at radius 3 is 2.38 bits per heavy atom. The molecule has 37 heavy (non-hydrogen) atoms. The van der Waals surface area contributed by atoms with E-state index in [2.05, 4.69) is 9.97 Å². The van der Waals surface area contributed by atoms with Gasteiger partial charge in [-0.15, -0.1) is 0 Å². The molecule has 1 heterocycles. The summed E-state index contributed by atoms with van der Waals surface area (Å²) in [6.07, 6.45) is 2.53. The minimum absolute atomic E-state index is 0.00907. The van der Waals surface area contributed by atoms with Gasteiger partial charge in [0.1, 0.15) is 0 Å². The van der Waals surface area contributed by atoms with Gasteiger partial charge in [0, 0.05) is 44.3 Å². The zero-order chi connectivity index (χ0) is 26.2. The highest BCUT2D eigenvalue weighted by molar-refractivity contribution is 6.10. The quantitative estimate of drug-likeness (QED) is 0.242. The van der Waals surface area contributed by atoms with Crippen LogP contribution in [0.25, 0.3) is 10.8 Å². The number of ether oxygens (including phenoxy) is 1. The fraction of sp³-hybridized carbons (Fsp3) is 0.207. The van der Waals surface area contributed by atoms with E-state index in [-0.39, 0.29) is 18.3 Å². The van der Waals surface area contributed by atoms with Gasteiger partial charge >= 0.3 is 0 Å². The van der Waals surface area contributed by atoms with Gasteiger partial charge in [-0.3, -0.25) is 14.4 Å². The Morgan fingerprint density at radius 1 is 0.865 bits per heavy atom. The first-order valence-corrected chi connectivity index (χ1v) is 11.9. The summed E-state index contributed by atoms with van der Waals surface area (Å²) in [5.41, 5.74) is 1.85. The molecule has 2 amide bonds. The Kier molecular flexibility index (Phi) is 8.33. The van der Waals surface area contributed by atoms with Crippen molar-refractivity contribution in [1.29, 1.82) is 0 Å². The molecule has 0 unspecified atom stereocenters. The van der Waals surface area contributed by atoms with E-state index in [0.717, 1.165) is 16.3 Å². The van der Waals surface area contributed by atoms with E-state index >= 15 is 0 Å². The minimum atomic E-state index is -0.472. The number of amides is 2. The lowest BCUT2D eigenvalue weighted by Crippen LogP contribution is -2.33. The molecule has 0 saturated heterocycles. The molecule has 0 bridgehead atoms. The van der Waals surface area contributed by atoms with Crippen LogP contribution in [-0.4, -0.2) is 59.8 Å². The van der Waals surface area contributed by atoms with Crippen LogP contribution in [0.15, 0.2) is 85.2 Å². The number of benzene rings is 3. The Morgan fingerprint density at radius 2 is 1.62 bits per heavy atom. The smallest absolute Gasteiger partial charge is 0.253 e. The molecule has 4 aromatic rings. The van der Waals surface area contributed by atoms with Crippen molar-refractivity contribution in [3.8, 4) is 0 Å². The van der Waals surface area contributed by atoms with Crippen LogP contribution in [0.1, 0.15) is 33.0 Å². The molecule has 0 aliphatic heterocycles. The van der Waals surface area contributed by atoms with E-state index < -0.39 is 18.1 Å². The van der Waals surface area contributed by atoms with Crippen LogP contribution in [-0.2, 0) is 16.1 Å². The van der Waals surface area contributed by atoms with E-state index in [1.807, 2.05) is 42.5 Å². The van der Waals surface area contributed by atoms with Crippen molar-refractivity contribution in [3.63, 3.8) is 0 Å². The summed E-state index contributed by atoms with van der Waals surface area (Å²) >= 11 is 0. The maximum atomic E-state index is 13.5. The minimum Gasteiger partial charge on any atom is -0.383 e. The fourth-order valence-electron chi connectivity index (χ4n) is 3.96. The molecule has 0 saturated carbocycles. The standard InChI is InChI=1S/C29H28N4O4/c1-32(15-16-37-2)29(36)24-9-5-10-25(18-24)33(27(35)19-26(34)28-30-13-6-14-31-28)20-21-11-12-22-7-3-4-8-23(22)17-21/h3-14,17-18H,15-16,19-20H2,1-2H3. The predicted molar refractivity (Wildman–Crippen MR) is 141 cm³/mol.